The molecule has 0 fully saturated rings. The summed E-state index contributed by atoms with van der Waals surface area (Å²) in [7, 11) is -1.52. The van der Waals surface area contributed by atoms with E-state index in [1.807, 2.05) is 0 Å². The fraction of sp³-hybridized carbons (Fsp3) is 0. The molecule has 0 bridgehead atoms. The molecular formula is C10H9BN2O4. The Bertz CT molecular complexity index is 496. The third kappa shape index (κ3) is 2.71. The van der Waals surface area contributed by atoms with Gasteiger partial charge in [-0.2, -0.15) is 0 Å². The Kier molecular flexibility index (Phi) is 3.22. The topological polar surface area (TPSA) is 95.6 Å². The average molecular weight is 232 g/mol. The molecule has 0 saturated heterocycles. The Morgan fingerprint density at radius 3 is 2.53 bits per heavy atom. The number of benzene rings is 1. The zero-order valence-corrected chi connectivity index (χ0v) is 8.70. The zero-order valence-electron chi connectivity index (χ0n) is 8.70. The number of nitrogens with zero attached hydrogens (tertiary/aromatic N) is 1. The maximum atomic E-state index is 11.6. The average Bonchev–Trinajstić information content (AvgIpc) is 2.83. The molecule has 0 unspecified atom stereocenters. The Morgan fingerprint density at radius 2 is 2.00 bits per heavy atom. The fourth-order valence-corrected chi connectivity index (χ4v) is 1.26. The van der Waals surface area contributed by atoms with Crippen molar-refractivity contribution in [2.45, 2.75) is 0 Å². The Hall–Kier alpha value is -2.12. The van der Waals surface area contributed by atoms with Gasteiger partial charge in [-0.3, -0.25) is 4.79 Å². The molecule has 3 N–H and O–H groups in total. The summed E-state index contributed by atoms with van der Waals surface area (Å²) in [4.78, 5) is 15.2. The van der Waals surface area contributed by atoms with Crippen molar-refractivity contribution in [1.82, 2.24) is 4.98 Å². The Balaban J connectivity index is 2.07. The minimum absolute atomic E-state index is 0.108. The smallest absolute Gasteiger partial charge is 0.438 e. The van der Waals surface area contributed by atoms with Gasteiger partial charge >= 0.3 is 7.12 Å². The van der Waals surface area contributed by atoms with Gasteiger partial charge in [0.05, 0.1) is 6.20 Å². The highest BCUT2D eigenvalue weighted by Crippen LogP contribution is 2.07. The van der Waals surface area contributed by atoms with Gasteiger partial charge in [0.2, 0.25) is 5.76 Å². The Morgan fingerprint density at radius 1 is 1.29 bits per heavy atom. The number of carbonyl (C=O) groups excluding carboxylic acids is 1. The first-order chi connectivity index (χ1) is 8.16. The quantitative estimate of drug-likeness (QED) is 0.626. The third-order valence-electron chi connectivity index (χ3n) is 2.12. The van der Waals surface area contributed by atoms with Crippen LogP contribution in [0.15, 0.2) is 41.3 Å². The number of aromatic nitrogens is 1. The molecule has 0 radical (unpaired) electrons. The maximum Gasteiger partial charge on any atom is 0.488 e. The fourth-order valence-electron chi connectivity index (χ4n) is 1.26. The van der Waals surface area contributed by atoms with E-state index >= 15 is 0 Å². The molecule has 0 spiro atoms. The molecule has 2 rings (SSSR count). The largest absolute Gasteiger partial charge is 0.488 e. The molecule has 1 heterocycles. The molecule has 1 amide bonds. The summed E-state index contributed by atoms with van der Waals surface area (Å²) >= 11 is 0. The van der Waals surface area contributed by atoms with E-state index < -0.39 is 13.0 Å². The molecule has 0 aliphatic carbocycles. The maximum absolute atomic E-state index is 11.6. The molecule has 17 heavy (non-hydrogen) atoms. The molecule has 0 atom stereocenters. The van der Waals surface area contributed by atoms with E-state index in [-0.39, 0.29) is 5.76 Å². The van der Waals surface area contributed by atoms with Crippen LogP contribution in [0.25, 0.3) is 0 Å². The second-order valence-electron chi connectivity index (χ2n) is 3.32. The Labute approximate surface area is 97.1 Å². The molecule has 86 valence electrons. The number of nitrogens with one attached hydrogen (secondary N) is 1. The molecule has 7 heteroatoms. The van der Waals surface area contributed by atoms with Crippen molar-refractivity contribution in [1.29, 1.82) is 0 Å². The van der Waals surface area contributed by atoms with Crippen molar-refractivity contribution in [3.63, 3.8) is 0 Å². The van der Waals surface area contributed by atoms with E-state index in [0.717, 1.165) is 0 Å². The van der Waals surface area contributed by atoms with E-state index in [1.165, 1.54) is 24.7 Å². The van der Waals surface area contributed by atoms with Gasteiger partial charge in [-0.25, -0.2) is 4.98 Å². The summed E-state index contributed by atoms with van der Waals surface area (Å²) in [6.07, 6.45) is 2.47. The summed E-state index contributed by atoms with van der Waals surface area (Å²) < 4.78 is 4.83. The number of rotatable bonds is 3. The van der Waals surface area contributed by atoms with Gasteiger partial charge < -0.3 is 19.8 Å². The van der Waals surface area contributed by atoms with Crippen molar-refractivity contribution in [2.75, 3.05) is 5.32 Å². The predicted molar refractivity (Wildman–Crippen MR) is 60.7 cm³/mol. The van der Waals surface area contributed by atoms with Gasteiger partial charge in [-0.1, -0.05) is 12.1 Å². The molecule has 0 saturated carbocycles. The highest BCUT2D eigenvalue weighted by atomic mass is 16.4. The van der Waals surface area contributed by atoms with Crippen molar-refractivity contribution in [3.05, 3.63) is 42.6 Å². The SMILES string of the molecule is O=C(Nc1ccc(B(O)O)cc1)c1cnco1. The standard InChI is InChI=1S/C10H9BN2O4/c14-10(9-5-12-6-17-9)13-8-3-1-7(2-4-8)11(15)16/h1-6,15-16H,(H,13,14). The van der Waals surface area contributed by atoms with E-state index in [9.17, 15) is 4.79 Å². The van der Waals surface area contributed by atoms with Gasteiger partial charge in [0.15, 0.2) is 6.39 Å². The molecular weight excluding hydrogens is 223 g/mol. The second kappa shape index (κ2) is 4.81. The van der Waals surface area contributed by atoms with E-state index in [2.05, 4.69) is 10.3 Å². The molecule has 1 aromatic carbocycles. The van der Waals surface area contributed by atoms with Gasteiger partial charge in [0.1, 0.15) is 0 Å². The van der Waals surface area contributed by atoms with Gasteiger partial charge in [-0.05, 0) is 17.6 Å². The summed E-state index contributed by atoms with van der Waals surface area (Å²) in [5.74, 6) is -0.309. The van der Waals surface area contributed by atoms with Crippen LogP contribution in [-0.2, 0) is 0 Å². The van der Waals surface area contributed by atoms with Crippen molar-refractivity contribution >= 4 is 24.2 Å². The minimum atomic E-state index is -1.52. The number of oxazole rings is 1. The van der Waals surface area contributed by atoms with E-state index in [1.54, 1.807) is 12.1 Å². The van der Waals surface area contributed by atoms with Crippen LogP contribution in [0.3, 0.4) is 0 Å². The monoisotopic (exact) mass is 232 g/mol. The van der Waals surface area contributed by atoms with Crippen LogP contribution in [0.1, 0.15) is 10.6 Å². The normalized spacial score (nSPS) is 10.0. The lowest BCUT2D eigenvalue weighted by Gasteiger charge is -2.04. The summed E-state index contributed by atoms with van der Waals surface area (Å²) in [5, 5.41) is 20.4. The van der Waals surface area contributed by atoms with Crippen molar-refractivity contribution in [2.24, 2.45) is 0 Å². The first kappa shape index (κ1) is 11.4. The number of hydrogen-bond acceptors (Lipinski definition) is 5. The van der Waals surface area contributed by atoms with Crippen molar-refractivity contribution in [3.8, 4) is 0 Å². The zero-order chi connectivity index (χ0) is 12.3. The van der Waals surface area contributed by atoms with Crippen LogP contribution in [-0.4, -0.2) is 28.1 Å². The summed E-state index contributed by atoms with van der Waals surface area (Å²) in [5.41, 5.74) is 0.874. The lowest BCUT2D eigenvalue weighted by atomic mass is 9.80. The number of anilines is 1. The van der Waals surface area contributed by atoms with Crippen LogP contribution >= 0.6 is 0 Å². The highest BCUT2D eigenvalue weighted by Gasteiger charge is 2.12. The molecule has 2 aromatic rings. The number of carbonyl (C=O) groups is 1. The van der Waals surface area contributed by atoms with Crippen LogP contribution in [0, 0.1) is 0 Å². The van der Waals surface area contributed by atoms with Crippen molar-refractivity contribution < 1.29 is 19.3 Å². The first-order valence-electron chi connectivity index (χ1n) is 4.83. The minimum Gasteiger partial charge on any atom is -0.438 e. The number of hydrogen-bond donors (Lipinski definition) is 3. The lowest BCUT2D eigenvalue weighted by Crippen LogP contribution is -2.29. The lowest BCUT2D eigenvalue weighted by molar-refractivity contribution is 0.0996. The van der Waals surface area contributed by atoms with Gasteiger partial charge in [-0.15, -0.1) is 0 Å². The molecule has 1 aromatic heterocycles. The van der Waals surface area contributed by atoms with Crippen LogP contribution < -0.4 is 10.8 Å². The highest BCUT2D eigenvalue weighted by molar-refractivity contribution is 6.58. The van der Waals surface area contributed by atoms with Crippen LogP contribution in [0.4, 0.5) is 5.69 Å². The van der Waals surface area contributed by atoms with Crippen LogP contribution in [0.2, 0.25) is 0 Å². The first-order valence-corrected chi connectivity index (χ1v) is 4.83. The summed E-state index contributed by atoms with van der Waals surface area (Å²) in [6, 6.07) is 6.12. The second-order valence-corrected chi connectivity index (χ2v) is 3.32. The molecule has 0 aliphatic rings. The predicted octanol–water partition coefficient (Wildman–Crippen LogP) is -0.393. The molecule has 6 nitrogen and oxygen atoms in total. The van der Waals surface area contributed by atoms with Crippen LogP contribution in [0.5, 0.6) is 0 Å². The summed E-state index contributed by atoms with van der Waals surface area (Å²) in [6.45, 7) is 0. The number of amides is 1. The third-order valence-corrected chi connectivity index (χ3v) is 2.12. The van der Waals surface area contributed by atoms with Gasteiger partial charge in [0, 0.05) is 5.69 Å². The van der Waals surface area contributed by atoms with E-state index in [4.69, 9.17) is 14.5 Å². The molecule has 0 aliphatic heterocycles. The van der Waals surface area contributed by atoms with Gasteiger partial charge in [0.25, 0.3) is 5.91 Å². The van der Waals surface area contributed by atoms with E-state index in [0.29, 0.717) is 11.2 Å².